The minimum absolute atomic E-state index is 0.0986. The highest BCUT2D eigenvalue weighted by Gasteiger charge is 2.24. The summed E-state index contributed by atoms with van der Waals surface area (Å²) < 4.78 is 0. The Kier molecular flexibility index (Phi) is 4.93. The van der Waals surface area contributed by atoms with Crippen LogP contribution in [0.15, 0.2) is 70.8 Å². The lowest BCUT2D eigenvalue weighted by molar-refractivity contribution is -0.387. The lowest BCUT2D eigenvalue weighted by Gasteiger charge is -2.09. The number of nitrogens with zero attached hydrogens (tertiary/aromatic N) is 3. The number of rotatable bonds is 5. The monoisotopic (exact) mass is 358 g/mol. The van der Waals surface area contributed by atoms with E-state index >= 15 is 0 Å². The van der Waals surface area contributed by atoms with Gasteiger partial charge in [0.2, 0.25) is 5.82 Å². The van der Waals surface area contributed by atoms with Crippen LogP contribution in [0.3, 0.4) is 0 Å². The Morgan fingerprint density at radius 2 is 1.75 bits per heavy atom. The Morgan fingerprint density at radius 3 is 2.46 bits per heavy atom. The summed E-state index contributed by atoms with van der Waals surface area (Å²) in [4.78, 5) is 20.0. The van der Waals surface area contributed by atoms with Gasteiger partial charge in [0.15, 0.2) is 5.03 Å². The Morgan fingerprint density at radius 1 is 1.04 bits per heavy atom. The van der Waals surface area contributed by atoms with Crippen LogP contribution < -0.4 is 5.32 Å². The third kappa shape index (κ3) is 3.64. The number of hydrogen-bond acceptors (Lipinski definition) is 6. The molecule has 0 spiro atoms. The molecule has 0 saturated heterocycles. The van der Waals surface area contributed by atoms with Gasteiger partial charge in [-0.05, 0) is 24.3 Å². The predicted octanol–water partition coefficient (Wildman–Crippen LogP) is 4.93. The van der Waals surface area contributed by atoms with Crippen molar-refractivity contribution >= 4 is 40.6 Å². The molecule has 1 heterocycles. The topological polar surface area (TPSA) is 81.0 Å². The molecule has 0 radical (unpaired) electrons. The number of anilines is 2. The second-order valence-electron chi connectivity index (χ2n) is 4.65. The highest BCUT2D eigenvalue weighted by molar-refractivity contribution is 7.99. The van der Waals surface area contributed by atoms with Crippen molar-refractivity contribution in [1.29, 1.82) is 0 Å². The van der Waals surface area contributed by atoms with Gasteiger partial charge in [0, 0.05) is 4.90 Å². The van der Waals surface area contributed by atoms with Crippen LogP contribution in [-0.4, -0.2) is 14.9 Å². The van der Waals surface area contributed by atoms with Crippen molar-refractivity contribution in [2.45, 2.75) is 9.92 Å². The first-order valence-electron chi connectivity index (χ1n) is 6.89. The molecule has 0 unspecified atom stereocenters. The minimum atomic E-state index is -0.496. The molecule has 0 fully saturated rings. The average molecular weight is 359 g/mol. The number of para-hydroxylation sites is 1. The standard InChI is InChI=1S/C16H11ClN4O2S/c17-12-8-4-5-9-13(12)20-15-14(21(22)23)16(19-10-18-15)24-11-6-2-1-3-7-11/h1-10H,(H,18,19,20). The van der Waals surface area contributed by atoms with Crippen molar-refractivity contribution in [3.8, 4) is 0 Å². The summed E-state index contributed by atoms with van der Waals surface area (Å²) in [7, 11) is 0. The van der Waals surface area contributed by atoms with Crippen molar-refractivity contribution in [3.63, 3.8) is 0 Å². The zero-order valence-electron chi connectivity index (χ0n) is 12.2. The van der Waals surface area contributed by atoms with Crippen LogP contribution >= 0.6 is 23.4 Å². The van der Waals surface area contributed by atoms with E-state index in [2.05, 4.69) is 15.3 Å². The number of halogens is 1. The van der Waals surface area contributed by atoms with E-state index in [4.69, 9.17) is 11.6 Å². The average Bonchev–Trinajstić information content (AvgIpc) is 2.58. The SMILES string of the molecule is O=[N+]([O-])c1c(Nc2ccccc2Cl)ncnc1Sc1ccccc1. The first kappa shape index (κ1) is 16.2. The molecule has 0 amide bonds. The summed E-state index contributed by atoms with van der Waals surface area (Å²) in [6.07, 6.45) is 1.29. The minimum Gasteiger partial charge on any atom is -0.333 e. The lowest BCUT2D eigenvalue weighted by Crippen LogP contribution is -2.03. The Labute approximate surface area is 147 Å². The van der Waals surface area contributed by atoms with E-state index in [1.807, 2.05) is 30.3 Å². The number of aromatic nitrogens is 2. The lowest BCUT2D eigenvalue weighted by atomic mass is 10.3. The summed E-state index contributed by atoms with van der Waals surface area (Å²) in [5.41, 5.74) is 0.350. The van der Waals surface area contributed by atoms with Crippen LogP contribution in [0.1, 0.15) is 0 Å². The molecule has 8 heteroatoms. The van der Waals surface area contributed by atoms with E-state index in [1.54, 1.807) is 24.3 Å². The summed E-state index contributed by atoms with van der Waals surface area (Å²) in [6, 6.07) is 16.3. The summed E-state index contributed by atoms with van der Waals surface area (Å²) in [6.45, 7) is 0. The Bertz CT molecular complexity index is 877. The fourth-order valence-electron chi connectivity index (χ4n) is 1.98. The van der Waals surface area contributed by atoms with E-state index < -0.39 is 4.92 Å². The zero-order chi connectivity index (χ0) is 16.9. The van der Waals surface area contributed by atoms with Gasteiger partial charge < -0.3 is 5.32 Å². The van der Waals surface area contributed by atoms with Crippen LogP contribution in [0.2, 0.25) is 5.02 Å². The molecule has 6 nitrogen and oxygen atoms in total. The van der Waals surface area contributed by atoms with Gasteiger partial charge in [-0.2, -0.15) is 0 Å². The molecule has 3 rings (SSSR count). The highest BCUT2D eigenvalue weighted by atomic mass is 35.5. The molecule has 0 aliphatic rings. The predicted molar refractivity (Wildman–Crippen MR) is 94.0 cm³/mol. The normalized spacial score (nSPS) is 10.4. The number of hydrogen-bond donors (Lipinski definition) is 1. The third-order valence-corrected chi connectivity index (χ3v) is 4.39. The Hall–Kier alpha value is -2.64. The second kappa shape index (κ2) is 7.29. The maximum Gasteiger partial charge on any atom is 0.343 e. The van der Waals surface area contributed by atoms with Gasteiger partial charge >= 0.3 is 5.69 Å². The maximum absolute atomic E-state index is 11.5. The van der Waals surface area contributed by atoms with Crippen molar-refractivity contribution in [3.05, 3.63) is 76.1 Å². The molecule has 1 aromatic heterocycles. The molecule has 1 N–H and O–H groups in total. The molecule has 0 bridgehead atoms. The summed E-state index contributed by atoms with van der Waals surface area (Å²) in [5.74, 6) is 0.0986. The maximum atomic E-state index is 11.5. The largest absolute Gasteiger partial charge is 0.343 e. The molecule has 0 atom stereocenters. The summed E-state index contributed by atoms with van der Waals surface area (Å²) >= 11 is 7.30. The molecule has 2 aromatic carbocycles. The van der Waals surface area contributed by atoms with Crippen LogP contribution in [-0.2, 0) is 0 Å². The first-order valence-corrected chi connectivity index (χ1v) is 8.08. The molecule has 3 aromatic rings. The molecule has 0 aliphatic heterocycles. The van der Waals surface area contributed by atoms with Crippen molar-refractivity contribution in [1.82, 2.24) is 9.97 Å². The van der Waals surface area contributed by atoms with Gasteiger partial charge in [-0.3, -0.25) is 10.1 Å². The van der Waals surface area contributed by atoms with Gasteiger partial charge in [0.25, 0.3) is 0 Å². The van der Waals surface area contributed by atoms with Crippen molar-refractivity contribution in [2.24, 2.45) is 0 Å². The van der Waals surface area contributed by atoms with Crippen LogP contribution in [0, 0.1) is 10.1 Å². The molecular weight excluding hydrogens is 348 g/mol. The van der Waals surface area contributed by atoms with Gasteiger partial charge in [0.1, 0.15) is 6.33 Å². The number of nitrogens with one attached hydrogen (secondary N) is 1. The van der Waals surface area contributed by atoms with E-state index in [-0.39, 0.29) is 16.5 Å². The third-order valence-electron chi connectivity index (χ3n) is 3.06. The van der Waals surface area contributed by atoms with E-state index in [0.29, 0.717) is 10.7 Å². The Balaban J connectivity index is 1.99. The summed E-state index contributed by atoms with van der Waals surface area (Å²) in [5, 5.41) is 15.2. The van der Waals surface area contributed by atoms with E-state index in [0.717, 1.165) is 4.90 Å². The van der Waals surface area contributed by atoms with Crippen LogP contribution in [0.4, 0.5) is 17.2 Å². The van der Waals surface area contributed by atoms with Crippen LogP contribution in [0.25, 0.3) is 0 Å². The van der Waals surface area contributed by atoms with Crippen molar-refractivity contribution < 1.29 is 4.92 Å². The molecule has 120 valence electrons. The smallest absolute Gasteiger partial charge is 0.333 e. The molecular formula is C16H11ClN4O2S. The zero-order valence-corrected chi connectivity index (χ0v) is 13.8. The first-order chi connectivity index (χ1) is 11.6. The quantitative estimate of drug-likeness (QED) is 0.395. The second-order valence-corrected chi connectivity index (χ2v) is 6.12. The van der Waals surface area contributed by atoms with Gasteiger partial charge in [-0.15, -0.1) is 0 Å². The van der Waals surface area contributed by atoms with E-state index in [9.17, 15) is 10.1 Å². The van der Waals surface area contributed by atoms with Crippen LogP contribution in [0.5, 0.6) is 0 Å². The molecule has 0 aliphatic carbocycles. The molecule has 24 heavy (non-hydrogen) atoms. The van der Waals surface area contributed by atoms with Gasteiger partial charge in [0.05, 0.1) is 15.6 Å². The van der Waals surface area contributed by atoms with E-state index in [1.165, 1.54) is 18.1 Å². The number of nitro groups is 1. The fraction of sp³-hybridized carbons (Fsp3) is 0. The highest BCUT2D eigenvalue weighted by Crippen LogP contribution is 2.38. The van der Waals surface area contributed by atoms with Gasteiger partial charge in [-0.25, -0.2) is 9.97 Å². The fourth-order valence-corrected chi connectivity index (χ4v) is 3.05. The molecule has 0 saturated carbocycles. The number of benzene rings is 2. The van der Waals surface area contributed by atoms with Gasteiger partial charge in [-0.1, -0.05) is 53.7 Å². The van der Waals surface area contributed by atoms with Crippen molar-refractivity contribution in [2.75, 3.05) is 5.32 Å².